The van der Waals surface area contributed by atoms with Crippen molar-refractivity contribution in [1.82, 2.24) is 0 Å². The molecule has 0 saturated carbocycles. The van der Waals surface area contributed by atoms with Crippen LogP contribution in [0, 0.1) is 0 Å². The van der Waals surface area contributed by atoms with E-state index in [1.54, 1.807) is 11.9 Å². The zero-order valence-electron chi connectivity index (χ0n) is 12.1. The number of anilines is 2. The molecule has 1 amide bonds. The maximum absolute atomic E-state index is 12.7. The maximum Gasteiger partial charge on any atom is 0.236 e. The van der Waals surface area contributed by atoms with Crippen LogP contribution in [-0.2, 0) is 10.2 Å². The topological polar surface area (TPSA) is 46.3 Å². The normalized spacial score (nSPS) is 11.2. The number of rotatable bonds is 3. The van der Waals surface area contributed by atoms with Crippen molar-refractivity contribution < 1.29 is 4.79 Å². The van der Waals surface area contributed by atoms with Crippen LogP contribution in [0.5, 0.6) is 0 Å². The second kappa shape index (κ2) is 5.37. The van der Waals surface area contributed by atoms with Gasteiger partial charge in [0.1, 0.15) is 0 Å². The molecular formula is C17H20N2O. The first kappa shape index (κ1) is 14.1. The second-order valence-corrected chi connectivity index (χ2v) is 5.45. The summed E-state index contributed by atoms with van der Waals surface area (Å²) in [5.74, 6) is 0.0495. The van der Waals surface area contributed by atoms with Gasteiger partial charge in [0.25, 0.3) is 0 Å². The lowest BCUT2D eigenvalue weighted by atomic mass is 9.83. The van der Waals surface area contributed by atoms with E-state index in [4.69, 9.17) is 5.73 Å². The van der Waals surface area contributed by atoms with Crippen molar-refractivity contribution >= 4 is 17.3 Å². The van der Waals surface area contributed by atoms with E-state index in [0.29, 0.717) is 5.69 Å². The van der Waals surface area contributed by atoms with Gasteiger partial charge in [0.2, 0.25) is 5.91 Å². The molecule has 0 fully saturated rings. The SMILES string of the molecule is CN(C(=O)C(C)(C)c1ccc(N)cc1)c1ccccc1. The molecule has 3 heteroatoms. The highest BCUT2D eigenvalue weighted by atomic mass is 16.2. The molecule has 0 aromatic heterocycles. The average Bonchev–Trinajstić information content (AvgIpc) is 2.47. The smallest absolute Gasteiger partial charge is 0.236 e. The van der Waals surface area contributed by atoms with E-state index in [0.717, 1.165) is 11.3 Å². The number of benzene rings is 2. The Hall–Kier alpha value is -2.29. The highest BCUT2D eigenvalue weighted by molar-refractivity contribution is 6.00. The number of para-hydroxylation sites is 1. The Balaban J connectivity index is 2.29. The first-order chi connectivity index (χ1) is 9.43. The summed E-state index contributed by atoms with van der Waals surface area (Å²) in [6.07, 6.45) is 0. The van der Waals surface area contributed by atoms with E-state index in [-0.39, 0.29) is 5.91 Å². The highest BCUT2D eigenvalue weighted by Crippen LogP contribution is 2.28. The molecule has 2 N–H and O–H groups in total. The first-order valence-electron chi connectivity index (χ1n) is 6.62. The molecule has 0 heterocycles. The van der Waals surface area contributed by atoms with Gasteiger partial charge < -0.3 is 10.6 Å². The Bertz CT molecular complexity index is 588. The van der Waals surface area contributed by atoms with Crippen molar-refractivity contribution in [3.8, 4) is 0 Å². The number of nitrogens with zero attached hydrogens (tertiary/aromatic N) is 1. The van der Waals surface area contributed by atoms with Gasteiger partial charge in [-0.05, 0) is 43.7 Å². The summed E-state index contributed by atoms with van der Waals surface area (Å²) < 4.78 is 0. The zero-order chi connectivity index (χ0) is 14.8. The predicted octanol–water partition coefficient (Wildman–Crippen LogP) is 3.21. The molecule has 0 aliphatic heterocycles. The minimum absolute atomic E-state index is 0.0495. The highest BCUT2D eigenvalue weighted by Gasteiger charge is 2.32. The average molecular weight is 268 g/mol. The Morgan fingerprint density at radius 1 is 1.00 bits per heavy atom. The van der Waals surface area contributed by atoms with Crippen LogP contribution in [0.3, 0.4) is 0 Å². The van der Waals surface area contributed by atoms with Crippen molar-refractivity contribution in [1.29, 1.82) is 0 Å². The molecule has 3 nitrogen and oxygen atoms in total. The molecule has 2 aromatic carbocycles. The number of carbonyl (C=O) groups excluding carboxylic acids is 1. The van der Waals surface area contributed by atoms with E-state index in [2.05, 4.69) is 0 Å². The standard InChI is InChI=1S/C17H20N2O/c1-17(2,13-9-11-14(18)12-10-13)16(20)19(3)15-7-5-4-6-8-15/h4-12H,18H2,1-3H3. The molecule has 2 aromatic rings. The molecule has 2 rings (SSSR count). The van der Waals surface area contributed by atoms with Crippen LogP contribution >= 0.6 is 0 Å². The van der Waals surface area contributed by atoms with Crippen LogP contribution in [0.4, 0.5) is 11.4 Å². The van der Waals surface area contributed by atoms with Crippen LogP contribution in [0.2, 0.25) is 0 Å². The van der Waals surface area contributed by atoms with Gasteiger partial charge in [0.15, 0.2) is 0 Å². The van der Waals surface area contributed by atoms with Crippen LogP contribution in [-0.4, -0.2) is 13.0 Å². The Morgan fingerprint density at radius 3 is 2.10 bits per heavy atom. The third kappa shape index (κ3) is 2.67. The van der Waals surface area contributed by atoms with Gasteiger partial charge in [-0.25, -0.2) is 0 Å². The fourth-order valence-corrected chi connectivity index (χ4v) is 2.21. The number of carbonyl (C=O) groups is 1. The van der Waals surface area contributed by atoms with E-state index >= 15 is 0 Å². The molecule has 0 atom stereocenters. The monoisotopic (exact) mass is 268 g/mol. The number of nitrogen functional groups attached to an aromatic ring is 1. The van der Waals surface area contributed by atoms with Gasteiger partial charge in [-0.1, -0.05) is 30.3 Å². The fourth-order valence-electron chi connectivity index (χ4n) is 2.21. The lowest BCUT2D eigenvalue weighted by molar-refractivity contribution is -0.122. The summed E-state index contributed by atoms with van der Waals surface area (Å²) in [5.41, 5.74) is 7.65. The molecule has 0 bridgehead atoms. The molecule has 0 spiro atoms. The maximum atomic E-state index is 12.7. The van der Waals surface area contributed by atoms with E-state index in [9.17, 15) is 4.79 Å². The van der Waals surface area contributed by atoms with Gasteiger partial charge in [-0.3, -0.25) is 4.79 Å². The Labute approximate surface area is 120 Å². The Kier molecular flexibility index (Phi) is 3.79. The summed E-state index contributed by atoms with van der Waals surface area (Å²) in [4.78, 5) is 14.4. The number of nitrogens with two attached hydrogens (primary N) is 1. The Morgan fingerprint density at radius 2 is 1.55 bits per heavy atom. The number of hydrogen-bond donors (Lipinski definition) is 1. The summed E-state index contributed by atoms with van der Waals surface area (Å²) in [7, 11) is 1.80. The van der Waals surface area contributed by atoms with E-state index in [1.165, 1.54) is 0 Å². The third-order valence-electron chi connectivity index (χ3n) is 3.62. The van der Waals surface area contributed by atoms with Crippen molar-refractivity contribution in [3.05, 3.63) is 60.2 Å². The summed E-state index contributed by atoms with van der Waals surface area (Å²) >= 11 is 0. The van der Waals surface area contributed by atoms with Crippen LogP contribution < -0.4 is 10.6 Å². The molecule has 104 valence electrons. The van der Waals surface area contributed by atoms with Crippen LogP contribution in [0.1, 0.15) is 19.4 Å². The molecule has 20 heavy (non-hydrogen) atoms. The number of likely N-dealkylation sites (N-methyl/N-ethyl adjacent to an activating group) is 1. The molecule has 0 radical (unpaired) electrons. The third-order valence-corrected chi connectivity index (χ3v) is 3.62. The summed E-state index contributed by atoms with van der Waals surface area (Å²) in [5, 5.41) is 0. The largest absolute Gasteiger partial charge is 0.399 e. The van der Waals surface area contributed by atoms with Gasteiger partial charge in [0.05, 0.1) is 5.41 Å². The van der Waals surface area contributed by atoms with Gasteiger partial charge in [0, 0.05) is 18.4 Å². The van der Waals surface area contributed by atoms with Crippen molar-refractivity contribution in [2.75, 3.05) is 17.7 Å². The van der Waals surface area contributed by atoms with Crippen LogP contribution in [0.25, 0.3) is 0 Å². The minimum atomic E-state index is -0.599. The molecule has 0 aliphatic carbocycles. The molecule has 0 saturated heterocycles. The zero-order valence-corrected chi connectivity index (χ0v) is 12.1. The lowest BCUT2D eigenvalue weighted by Crippen LogP contribution is -2.41. The lowest BCUT2D eigenvalue weighted by Gasteiger charge is -2.30. The van der Waals surface area contributed by atoms with E-state index < -0.39 is 5.41 Å². The molecule has 0 aliphatic rings. The first-order valence-corrected chi connectivity index (χ1v) is 6.62. The second-order valence-electron chi connectivity index (χ2n) is 5.45. The molecular weight excluding hydrogens is 248 g/mol. The van der Waals surface area contributed by atoms with Gasteiger partial charge in [-0.2, -0.15) is 0 Å². The fraction of sp³-hybridized carbons (Fsp3) is 0.235. The minimum Gasteiger partial charge on any atom is -0.399 e. The number of hydrogen-bond acceptors (Lipinski definition) is 2. The predicted molar refractivity (Wildman–Crippen MR) is 83.7 cm³/mol. The number of amides is 1. The van der Waals surface area contributed by atoms with Gasteiger partial charge in [-0.15, -0.1) is 0 Å². The van der Waals surface area contributed by atoms with E-state index in [1.807, 2.05) is 68.4 Å². The quantitative estimate of drug-likeness (QED) is 0.869. The van der Waals surface area contributed by atoms with Crippen molar-refractivity contribution in [3.63, 3.8) is 0 Å². The van der Waals surface area contributed by atoms with Crippen LogP contribution in [0.15, 0.2) is 54.6 Å². The summed E-state index contributed by atoms with van der Waals surface area (Å²) in [6, 6.07) is 17.1. The molecule has 0 unspecified atom stereocenters. The summed E-state index contributed by atoms with van der Waals surface area (Å²) in [6.45, 7) is 3.86. The van der Waals surface area contributed by atoms with Crippen molar-refractivity contribution in [2.24, 2.45) is 0 Å². The van der Waals surface area contributed by atoms with Crippen molar-refractivity contribution in [2.45, 2.75) is 19.3 Å². The van der Waals surface area contributed by atoms with Gasteiger partial charge >= 0.3 is 0 Å².